The molecule has 0 aliphatic rings. The lowest BCUT2D eigenvalue weighted by Crippen LogP contribution is -1.90. The number of rotatable bonds is 2. The van der Waals surface area contributed by atoms with Crippen molar-refractivity contribution in [3.05, 3.63) is 45.0 Å². The predicted molar refractivity (Wildman–Crippen MR) is 82.3 cm³/mol. The molecule has 0 bridgehead atoms. The minimum absolute atomic E-state index is 0.216. The Morgan fingerprint density at radius 1 is 1.35 bits per heavy atom. The molecule has 0 atom stereocenters. The van der Waals surface area contributed by atoms with Crippen LogP contribution in [0.25, 0.3) is 21.8 Å². The van der Waals surface area contributed by atoms with Crippen LogP contribution in [0.5, 0.6) is 0 Å². The normalized spacial score (nSPS) is 10.9. The van der Waals surface area contributed by atoms with Crippen LogP contribution in [0.1, 0.15) is 0 Å². The first-order valence-corrected chi connectivity index (χ1v) is 7.57. The van der Waals surface area contributed by atoms with Crippen molar-refractivity contribution < 1.29 is 8.91 Å². The van der Waals surface area contributed by atoms with Crippen molar-refractivity contribution in [2.75, 3.05) is 5.73 Å². The summed E-state index contributed by atoms with van der Waals surface area (Å²) in [4.78, 5) is 0.851. The molecule has 0 saturated heterocycles. The zero-order valence-electron chi connectivity index (χ0n) is 9.86. The maximum Gasteiger partial charge on any atom is 0.188 e. The average Bonchev–Trinajstić information content (AvgIpc) is 2.96. The monoisotopic (exact) mass is 372 g/mol. The summed E-state index contributed by atoms with van der Waals surface area (Å²) in [6, 6.07) is 6.01. The summed E-state index contributed by atoms with van der Waals surface area (Å²) in [5, 5.41) is 5.96. The van der Waals surface area contributed by atoms with Crippen molar-refractivity contribution in [2.24, 2.45) is 0 Å². The molecule has 20 heavy (non-hydrogen) atoms. The lowest BCUT2D eigenvalue weighted by molar-refractivity contribution is 0.437. The van der Waals surface area contributed by atoms with E-state index in [0.29, 0.717) is 16.9 Å². The molecular weight excluding hydrogens is 367 g/mol. The maximum absolute atomic E-state index is 13.2. The number of halogens is 3. The third-order valence-corrected chi connectivity index (χ3v) is 4.89. The molecule has 0 aliphatic carbocycles. The largest absolute Gasteiger partial charge is 0.380 e. The number of nitrogens with two attached hydrogens (primary N) is 1. The van der Waals surface area contributed by atoms with E-state index in [2.05, 4.69) is 21.1 Å². The molecule has 0 saturated carbocycles. The van der Waals surface area contributed by atoms with Gasteiger partial charge in [0, 0.05) is 10.0 Å². The van der Waals surface area contributed by atoms with E-state index in [-0.39, 0.29) is 10.8 Å². The minimum Gasteiger partial charge on any atom is -0.380 e. The Morgan fingerprint density at radius 3 is 2.80 bits per heavy atom. The standard InChI is InChI=1S/C13H7BrClFN2OS/c14-8-3-4-20-12(8)11-10(13(17)18-19-11)7-2-1-6(16)5-9(7)15/h1-5H,(H2,17,18). The molecule has 3 rings (SSSR count). The summed E-state index contributed by atoms with van der Waals surface area (Å²) in [6.07, 6.45) is 0. The molecule has 0 fully saturated rings. The quantitative estimate of drug-likeness (QED) is 0.671. The van der Waals surface area contributed by atoms with Crippen LogP contribution < -0.4 is 5.73 Å². The van der Waals surface area contributed by atoms with Gasteiger partial charge in [-0.1, -0.05) is 16.8 Å². The van der Waals surface area contributed by atoms with E-state index in [9.17, 15) is 4.39 Å². The van der Waals surface area contributed by atoms with Gasteiger partial charge in [0.2, 0.25) is 0 Å². The molecule has 0 unspecified atom stereocenters. The smallest absolute Gasteiger partial charge is 0.188 e. The minimum atomic E-state index is -0.410. The highest BCUT2D eigenvalue weighted by Gasteiger charge is 2.22. The van der Waals surface area contributed by atoms with Gasteiger partial charge in [-0.25, -0.2) is 4.39 Å². The molecule has 0 radical (unpaired) electrons. The lowest BCUT2D eigenvalue weighted by atomic mass is 10.0. The van der Waals surface area contributed by atoms with Crippen LogP contribution in [0.2, 0.25) is 5.02 Å². The number of nitrogen functional groups attached to an aromatic ring is 1. The van der Waals surface area contributed by atoms with Crippen LogP contribution in [0.15, 0.2) is 38.6 Å². The summed E-state index contributed by atoms with van der Waals surface area (Å²) >= 11 is 11.0. The van der Waals surface area contributed by atoms with Crippen molar-refractivity contribution in [3.8, 4) is 21.8 Å². The van der Waals surface area contributed by atoms with Gasteiger partial charge in [0.25, 0.3) is 0 Å². The number of hydrogen-bond acceptors (Lipinski definition) is 4. The van der Waals surface area contributed by atoms with Crippen LogP contribution >= 0.6 is 38.9 Å². The van der Waals surface area contributed by atoms with E-state index in [1.165, 1.54) is 23.5 Å². The molecule has 7 heteroatoms. The van der Waals surface area contributed by atoms with Crippen molar-refractivity contribution in [2.45, 2.75) is 0 Å². The van der Waals surface area contributed by atoms with Gasteiger partial charge in [-0.15, -0.1) is 11.3 Å². The fourth-order valence-electron chi connectivity index (χ4n) is 1.87. The summed E-state index contributed by atoms with van der Waals surface area (Å²) in [7, 11) is 0. The highest BCUT2D eigenvalue weighted by atomic mass is 79.9. The first kappa shape index (κ1) is 13.6. The molecule has 102 valence electrons. The number of thiophene rings is 1. The Kier molecular flexibility index (Phi) is 3.54. The van der Waals surface area contributed by atoms with Gasteiger partial charge in [-0.05, 0) is 45.6 Å². The van der Waals surface area contributed by atoms with Crippen LogP contribution in [0.3, 0.4) is 0 Å². The second kappa shape index (κ2) is 5.20. The Balaban J connectivity index is 2.24. The summed E-state index contributed by atoms with van der Waals surface area (Å²) < 4.78 is 19.4. The summed E-state index contributed by atoms with van der Waals surface area (Å²) in [5.74, 6) is 0.319. The van der Waals surface area contributed by atoms with Crippen molar-refractivity contribution in [1.29, 1.82) is 0 Å². The third-order valence-electron chi connectivity index (χ3n) is 2.74. The van der Waals surface area contributed by atoms with Gasteiger partial charge in [0.1, 0.15) is 5.82 Å². The van der Waals surface area contributed by atoms with Crippen molar-refractivity contribution >= 4 is 44.7 Å². The maximum atomic E-state index is 13.2. The fourth-order valence-corrected chi connectivity index (χ4v) is 3.66. The van der Waals surface area contributed by atoms with Gasteiger partial charge >= 0.3 is 0 Å². The molecule has 1 aromatic carbocycles. The first-order chi connectivity index (χ1) is 9.58. The SMILES string of the molecule is Nc1noc(-c2sccc2Br)c1-c1ccc(F)cc1Cl. The number of benzene rings is 1. The molecular formula is C13H7BrClFN2OS. The zero-order valence-corrected chi connectivity index (χ0v) is 13.0. The zero-order chi connectivity index (χ0) is 14.3. The molecule has 0 amide bonds. The molecule has 3 nitrogen and oxygen atoms in total. The van der Waals surface area contributed by atoms with Crippen LogP contribution in [-0.2, 0) is 0 Å². The highest BCUT2D eigenvalue weighted by molar-refractivity contribution is 9.10. The van der Waals surface area contributed by atoms with Gasteiger partial charge < -0.3 is 10.3 Å². The van der Waals surface area contributed by atoms with Crippen molar-refractivity contribution in [3.63, 3.8) is 0 Å². The number of nitrogens with zero attached hydrogens (tertiary/aromatic N) is 1. The van der Waals surface area contributed by atoms with Gasteiger partial charge in [-0.2, -0.15) is 0 Å². The number of anilines is 1. The van der Waals surface area contributed by atoms with Crippen LogP contribution in [0, 0.1) is 5.82 Å². The van der Waals surface area contributed by atoms with E-state index in [0.717, 1.165) is 9.35 Å². The second-order valence-corrected chi connectivity index (χ2v) is 6.17. The Bertz CT molecular complexity index is 787. The van der Waals surface area contributed by atoms with Crippen molar-refractivity contribution in [1.82, 2.24) is 5.16 Å². The highest BCUT2D eigenvalue weighted by Crippen LogP contribution is 2.44. The van der Waals surface area contributed by atoms with E-state index in [1.807, 2.05) is 11.4 Å². The van der Waals surface area contributed by atoms with Gasteiger partial charge in [-0.3, -0.25) is 0 Å². The average molecular weight is 374 g/mol. The summed E-state index contributed by atoms with van der Waals surface area (Å²) in [5.41, 5.74) is 7.02. The van der Waals surface area contributed by atoms with E-state index >= 15 is 0 Å². The van der Waals surface area contributed by atoms with Crippen LogP contribution in [0.4, 0.5) is 10.2 Å². The molecule has 2 heterocycles. The second-order valence-electron chi connectivity index (χ2n) is 3.99. The van der Waals surface area contributed by atoms with Gasteiger partial charge in [0.15, 0.2) is 11.6 Å². The van der Waals surface area contributed by atoms with E-state index in [1.54, 1.807) is 6.07 Å². The third kappa shape index (κ3) is 2.24. The van der Waals surface area contributed by atoms with Gasteiger partial charge in [0.05, 0.1) is 15.5 Å². The topological polar surface area (TPSA) is 52.0 Å². The molecule has 2 N–H and O–H groups in total. The number of aromatic nitrogens is 1. The Hall–Kier alpha value is -1.37. The fraction of sp³-hybridized carbons (Fsp3) is 0. The molecule has 3 aromatic rings. The number of hydrogen-bond donors (Lipinski definition) is 1. The Labute approximate surface area is 131 Å². The predicted octanol–water partition coefficient (Wildman–Crippen LogP) is 5.21. The summed E-state index contributed by atoms with van der Waals surface area (Å²) in [6.45, 7) is 0. The van der Waals surface area contributed by atoms with E-state index < -0.39 is 5.82 Å². The molecule has 0 spiro atoms. The van der Waals surface area contributed by atoms with Crippen LogP contribution in [-0.4, -0.2) is 5.16 Å². The van der Waals surface area contributed by atoms with E-state index in [4.69, 9.17) is 21.9 Å². The first-order valence-electron chi connectivity index (χ1n) is 5.52. The molecule has 2 aromatic heterocycles. The molecule has 0 aliphatic heterocycles. The Morgan fingerprint density at radius 2 is 2.15 bits per heavy atom. The lowest BCUT2D eigenvalue weighted by Gasteiger charge is -2.04.